The molecule has 21 heavy (non-hydrogen) atoms. The zero-order valence-corrected chi connectivity index (χ0v) is 15.7. The maximum atomic E-state index is 6.47. The van der Waals surface area contributed by atoms with Crippen LogP contribution in [0.25, 0.3) is 0 Å². The smallest absolute Gasteiger partial charge is 0.110 e. The topological polar surface area (TPSA) is 31.0 Å². The molecule has 0 N–H and O–H groups in total. The van der Waals surface area contributed by atoms with E-state index in [9.17, 15) is 0 Å². The predicted octanol–water partition coefficient (Wildman–Crippen LogP) is 3.91. The minimum Gasteiger partial charge on any atom is -0.372 e. The Morgan fingerprint density at radius 2 is 1.90 bits per heavy atom. The zero-order valence-electron chi connectivity index (χ0n) is 11.8. The molecule has 3 saturated heterocycles. The first-order valence-electron chi connectivity index (χ1n) is 7.34. The lowest BCUT2D eigenvalue weighted by molar-refractivity contribution is -0.0308. The second kappa shape index (κ2) is 7.04. The molecular weight excluding hydrogens is 423 g/mol. The highest BCUT2D eigenvalue weighted by Crippen LogP contribution is 2.40. The van der Waals surface area contributed by atoms with Crippen LogP contribution in [0.3, 0.4) is 0 Å². The van der Waals surface area contributed by atoms with E-state index in [0.717, 1.165) is 19.3 Å². The Kier molecular flexibility index (Phi) is 5.53. The molecule has 6 heteroatoms. The number of hydrogen-bond donors (Lipinski definition) is 0. The average molecular weight is 443 g/mol. The Hall–Kier alpha value is 0.650. The van der Waals surface area contributed by atoms with E-state index in [-0.39, 0.29) is 42.0 Å². The minimum atomic E-state index is -0.0597. The molecule has 0 spiro atoms. The predicted molar refractivity (Wildman–Crippen MR) is 89.4 cm³/mol. The van der Waals surface area contributed by atoms with Crippen molar-refractivity contribution >= 4 is 43.5 Å². The number of alkyl halides is 2. The Bertz CT molecular complexity index is 441. The number of fused-ring (bicyclic) bond motifs is 3. The lowest BCUT2D eigenvalue weighted by Crippen LogP contribution is -2.29. The van der Waals surface area contributed by atoms with E-state index in [1.165, 1.54) is 0 Å². The van der Waals surface area contributed by atoms with Crippen molar-refractivity contribution in [3.05, 3.63) is 16.8 Å². The van der Waals surface area contributed by atoms with Crippen molar-refractivity contribution in [2.45, 2.75) is 73.0 Å². The molecule has 0 amide bonds. The molecule has 118 valence electrons. The van der Waals surface area contributed by atoms with Crippen LogP contribution in [0.2, 0.25) is 0 Å². The number of hydrogen-bond acceptors (Lipinski definition) is 3. The van der Waals surface area contributed by atoms with E-state index >= 15 is 0 Å². The summed E-state index contributed by atoms with van der Waals surface area (Å²) in [5.41, 5.74) is 3.04. The third kappa shape index (κ3) is 3.95. The number of ether oxygens (including phenoxy) is 3. The summed E-state index contributed by atoms with van der Waals surface area (Å²) in [6.07, 6.45) is 5.14. The molecule has 8 atom stereocenters. The molecule has 3 aliphatic heterocycles. The summed E-state index contributed by atoms with van der Waals surface area (Å²) < 4.78 is 18.0. The first-order valence-corrected chi connectivity index (χ1v) is 9.61. The summed E-state index contributed by atoms with van der Waals surface area (Å²) in [5.74, 6) is 0. The number of epoxide rings is 1. The zero-order chi connectivity index (χ0) is 15.0. The number of halogens is 3. The summed E-state index contributed by atoms with van der Waals surface area (Å²) in [4.78, 5) is 1.99. The van der Waals surface area contributed by atoms with Crippen molar-refractivity contribution in [3.8, 4) is 0 Å². The molecule has 0 unspecified atom stereocenters. The molecule has 0 saturated carbocycles. The van der Waals surface area contributed by atoms with Crippen LogP contribution in [0.15, 0.2) is 16.8 Å². The summed E-state index contributed by atoms with van der Waals surface area (Å²) in [5, 5.41) is 0.0353. The van der Waals surface area contributed by atoms with Crippen LogP contribution in [0.4, 0.5) is 0 Å². The van der Waals surface area contributed by atoms with Gasteiger partial charge in [0, 0.05) is 16.2 Å². The van der Waals surface area contributed by atoms with Gasteiger partial charge in [-0.15, -0.1) is 17.3 Å². The minimum absolute atomic E-state index is 0.0256. The van der Waals surface area contributed by atoms with Gasteiger partial charge in [-0.1, -0.05) is 31.9 Å². The average Bonchev–Trinajstić information content (AvgIpc) is 3.11. The molecule has 3 aliphatic rings. The van der Waals surface area contributed by atoms with Crippen LogP contribution in [-0.4, -0.2) is 46.8 Å². The highest BCUT2D eigenvalue weighted by Gasteiger charge is 2.48. The Morgan fingerprint density at radius 3 is 2.67 bits per heavy atom. The van der Waals surface area contributed by atoms with Crippen molar-refractivity contribution in [3.63, 3.8) is 0 Å². The first-order chi connectivity index (χ1) is 10.1. The molecule has 3 fully saturated rings. The van der Waals surface area contributed by atoms with E-state index in [1.54, 1.807) is 4.99 Å². The lowest BCUT2D eigenvalue weighted by Gasteiger charge is -2.22. The normalized spacial score (nSPS) is 49.5. The van der Waals surface area contributed by atoms with Gasteiger partial charge in [0.25, 0.3) is 0 Å². The van der Waals surface area contributed by atoms with Crippen molar-refractivity contribution in [2.24, 2.45) is 0 Å². The first kappa shape index (κ1) is 16.5. The van der Waals surface area contributed by atoms with Crippen LogP contribution in [0, 0.1) is 0 Å². The highest BCUT2D eigenvalue weighted by molar-refractivity contribution is 9.11. The Balaban J connectivity index is 1.78. The molecule has 0 aromatic rings. The molecule has 0 aromatic carbocycles. The van der Waals surface area contributed by atoms with E-state index in [2.05, 4.69) is 44.5 Å². The van der Waals surface area contributed by atoms with E-state index in [4.69, 9.17) is 25.8 Å². The maximum absolute atomic E-state index is 6.47. The summed E-state index contributed by atoms with van der Waals surface area (Å²) in [6, 6.07) is 0. The maximum Gasteiger partial charge on any atom is 0.110 e. The standard InChI is InChI=1S/C15H19Br2ClO3/c1-8-15-14(21-15)6-10(17)12-7-11(18)13(20-12)5-9(19-8)3-2-4-16/h3-4,8-15H,5-7H2,1H3/t2?,8-,9-,10+,11+,12-,13-,14+,15-/m0/s1. The monoisotopic (exact) mass is 440 g/mol. The van der Waals surface area contributed by atoms with E-state index < -0.39 is 0 Å². The highest BCUT2D eigenvalue weighted by atomic mass is 79.9. The summed E-state index contributed by atoms with van der Waals surface area (Å²) in [7, 11) is 0. The number of rotatable bonds is 1. The van der Waals surface area contributed by atoms with Gasteiger partial charge in [-0.05, 0) is 25.8 Å². The van der Waals surface area contributed by atoms with Crippen molar-refractivity contribution in [1.29, 1.82) is 0 Å². The van der Waals surface area contributed by atoms with Crippen LogP contribution >= 0.6 is 43.5 Å². The molecule has 3 rings (SSSR count). The fraction of sp³-hybridized carbons (Fsp3) is 0.800. The van der Waals surface area contributed by atoms with Crippen molar-refractivity contribution < 1.29 is 14.2 Å². The molecular formula is C15H19Br2ClO3. The quantitative estimate of drug-likeness (QED) is 0.351. The van der Waals surface area contributed by atoms with Crippen LogP contribution < -0.4 is 0 Å². The van der Waals surface area contributed by atoms with Gasteiger partial charge in [-0.3, -0.25) is 0 Å². The van der Waals surface area contributed by atoms with Crippen molar-refractivity contribution in [1.82, 2.24) is 0 Å². The summed E-state index contributed by atoms with van der Waals surface area (Å²) in [6.45, 7) is 2.07. The fourth-order valence-corrected chi connectivity index (χ4v) is 4.40. The molecule has 3 heterocycles. The van der Waals surface area contributed by atoms with Crippen LogP contribution in [-0.2, 0) is 14.2 Å². The molecule has 3 nitrogen and oxygen atoms in total. The second-order valence-electron chi connectivity index (χ2n) is 5.91. The van der Waals surface area contributed by atoms with Crippen LogP contribution in [0.1, 0.15) is 26.2 Å². The Labute approximate surface area is 147 Å². The van der Waals surface area contributed by atoms with E-state index in [0.29, 0.717) is 4.83 Å². The van der Waals surface area contributed by atoms with Crippen molar-refractivity contribution in [2.75, 3.05) is 0 Å². The van der Waals surface area contributed by atoms with Gasteiger partial charge in [0.05, 0.1) is 35.9 Å². The van der Waals surface area contributed by atoms with Crippen LogP contribution in [0.5, 0.6) is 0 Å². The van der Waals surface area contributed by atoms with Gasteiger partial charge in [0.2, 0.25) is 0 Å². The molecule has 2 bridgehead atoms. The van der Waals surface area contributed by atoms with Gasteiger partial charge in [-0.25, -0.2) is 0 Å². The van der Waals surface area contributed by atoms with Gasteiger partial charge >= 0.3 is 0 Å². The van der Waals surface area contributed by atoms with Gasteiger partial charge in [0.15, 0.2) is 0 Å². The SMILES string of the molecule is C[C@@H]1O[C@@H](C=C=CBr)C[C@@H]2O[C@@H](C[C@H]2Cl)[C@H](Br)C[C@H]2O[C@@H]12. The van der Waals surface area contributed by atoms with Gasteiger partial charge in [-0.2, -0.15) is 0 Å². The molecule has 0 radical (unpaired) electrons. The molecule has 0 aliphatic carbocycles. The van der Waals surface area contributed by atoms with Gasteiger partial charge < -0.3 is 14.2 Å². The van der Waals surface area contributed by atoms with E-state index in [1.807, 2.05) is 6.08 Å². The second-order valence-corrected chi connectivity index (χ2v) is 8.11. The molecule has 0 aromatic heterocycles. The Morgan fingerprint density at radius 1 is 1.10 bits per heavy atom. The third-order valence-corrected chi connectivity index (χ3v) is 6.04. The van der Waals surface area contributed by atoms with Gasteiger partial charge in [0.1, 0.15) is 6.10 Å². The fourth-order valence-electron chi connectivity index (χ4n) is 3.20. The summed E-state index contributed by atoms with van der Waals surface area (Å²) >= 11 is 13.5. The largest absolute Gasteiger partial charge is 0.372 e. The lowest BCUT2D eigenvalue weighted by atomic mass is 10.0. The third-order valence-electron chi connectivity index (χ3n) is 4.35.